The van der Waals surface area contributed by atoms with Crippen molar-refractivity contribution in [3.05, 3.63) is 47.3 Å². The van der Waals surface area contributed by atoms with Crippen molar-refractivity contribution < 1.29 is 14.3 Å². The van der Waals surface area contributed by atoms with Crippen molar-refractivity contribution in [2.24, 2.45) is 18.7 Å². The van der Waals surface area contributed by atoms with Crippen LogP contribution in [0.5, 0.6) is 5.75 Å². The van der Waals surface area contributed by atoms with Crippen molar-refractivity contribution in [2.45, 2.75) is 19.8 Å². The molecule has 0 aliphatic carbocycles. The third-order valence-electron chi connectivity index (χ3n) is 4.89. The van der Waals surface area contributed by atoms with Crippen molar-refractivity contribution in [1.82, 2.24) is 14.7 Å². The lowest BCUT2D eigenvalue weighted by Crippen LogP contribution is -2.34. The second-order valence-electron chi connectivity index (χ2n) is 6.92. The quantitative estimate of drug-likeness (QED) is 0.870. The van der Waals surface area contributed by atoms with Gasteiger partial charge < -0.3 is 15.4 Å². The van der Waals surface area contributed by atoms with Gasteiger partial charge in [-0.15, -0.1) is 0 Å². The van der Waals surface area contributed by atoms with Crippen LogP contribution in [0.15, 0.2) is 30.6 Å². The van der Waals surface area contributed by atoms with Gasteiger partial charge in [-0.25, -0.2) is 0 Å². The molecule has 0 spiro atoms. The minimum Gasteiger partial charge on any atom is -0.483 e. The molecule has 7 heteroatoms. The molecule has 26 heavy (non-hydrogen) atoms. The minimum atomic E-state index is -0.413. The second-order valence-corrected chi connectivity index (χ2v) is 6.92. The monoisotopic (exact) mass is 356 g/mol. The second kappa shape index (κ2) is 7.19. The molecule has 3 rings (SSSR count). The third kappa shape index (κ3) is 3.71. The van der Waals surface area contributed by atoms with Gasteiger partial charge >= 0.3 is 0 Å². The Labute approximate surface area is 152 Å². The summed E-state index contributed by atoms with van der Waals surface area (Å²) in [5, 5.41) is 4.16. The summed E-state index contributed by atoms with van der Waals surface area (Å²) in [6.45, 7) is 4.61. The Kier molecular flexibility index (Phi) is 4.97. The molecule has 0 unspecified atom stereocenters. The molecule has 1 aromatic carbocycles. The summed E-state index contributed by atoms with van der Waals surface area (Å²) in [4.78, 5) is 26.1. The van der Waals surface area contributed by atoms with Crippen LogP contribution in [0.2, 0.25) is 0 Å². The van der Waals surface area contributed by atoms with Crippen molar-refractivity contribution in [2.75, 3.05) is 19.7 Å². The molecule has 2 atom stereocenters. The van der Waals surface area contributed by atoms with Gasteiger partial charge in [-0.05, 0) is 36.6 Å². The fourth-order valence-corrected chi connectivity index (χ4v) is 3.36. The van der Waals surface area contributed by atoms with Gasteiger partial charge in [0.25, 0.3) is 5.91 Å². The topological polar surface area (TPSA) is 90.4 Å². The number of aromatic nitrogens is 2. The smallest absolute Gasteiger partial charge is 0.260 e. The molecule has 1 aliphatic heterocycles. The van der Waals surface area contributed by atoms with Gasteiger partial charge in [-0.1, -0.05) is 12.1 Å². The van der Waals surface area contributed by atoms with Crippen LogP contribution in [0.25, 0.3) is 0 Å². The van der Waals surface area contributed by atoms with E-state index < -0.39 is 11.8 Å². The van der Waals surface area contributed by atoms with Crippen LogP contribution < -0.4 is 10.5 Å². The molecular weight excluding hydrogens is 332 g/mol. The molecule has 2 aromatic rings. The lowest BCUT2D eigenvalue weighted by Gasteiger charge is -2.17. The molecule has 0 radical (unpaired) electrons. The largest absolute Gasteiger partial charge is 0.483 e. The normalized spacial score (nSPS) is 19.6. The maximum absolute atomic E-state index is 12.6. The number of primary amides is 1. The number of hydrogen-bond acceptors (Lipinski definition) is 4. The Morgan fingerprint density at radius 1 is 1.31 bits per heavy atom. The molecule has 1 aliphatic rings. The number of benzene rings is 1. The zero-order valence-electron chi connectivity index (χ0n) is 15.3. The van der Waals surface area contributed by atoms with E-state index in [0.29, 0.717) is 18.8 Å². The highest BCUT2D eigenvalue weighted by Gasteiger charge is 2.40. The zero-order valence-corrected chi connectivity index (χ0v) is 15.3. The first-order valence-electron chi connectivity index (χ1n) is 8.61. The molecular formula is C19H24N4O3. The average Bonchev–Trinajstić information content (AvgIpc) is 3.21. The fourth-order valence-electron chi connectivity index (χ4n) is 3.36. The third-order valence-corrected chi connectivity index (χ3v) is 4.89. The first-order valence-corrected chi connectivity index (χ1v) is 8.61. The molecule has 138 valence electrons. The number of nitrogens with zero attached hydrogens (tertiary/aromatic N) is 3. The van der Waals surface area contributed by atoms with Gasteiger partial charge in [0.1, 0.15) is 5.75 Å². The number of carbonyl (C=O) groups is 2. The number of nitrogens with two attached hydrogens (primary N) is 1. The van der Waals surface area contributed by atoms with Crippen LogP contribution in [0.4, 0.5) is 0 Å². The fraction of sp³-hybridized carbons (Fsp3) is 0.421. The van der Waals surface area contributed by atoms with E-state index in [1.54, 1.807) is 15.8 Å². The summed E-state index contributed by atoms with van der Waals surface area (Å²) in [6.07, 6.45) is 3.59. The molecule has 1 saturated heterocycles. The van der Waals surface area contributed by atoms with Gasteiger partial charge in [0.15, 0.2) is 6.61 Å². The number of aryl methyl sites for hydroxylation is 3. The molecule has 7 nitrogen and oxygen atoms in total. The van der Waals surface area contributed by atoms with E-state index in [9.17, 15) is 9.59 Å². The number of rotatable bonds is 5. The number of amides is 2. The highest BCUT2D eigenvalue weighted by molar-refractivity contribution is 5.83. The molecule has 2 heterocycles. The van der Waals surface area contributed by atoms with Crippen LogP contribution in [-0.4, -0.2) is 46.2 Å². The van der Waals surface area contributed by atoms with Crippen molar-refractivity contribution >= 4 is 11.8 Å². The Balaban J connectivity index is 1.68. The summed E-state index contributed by atoms with van der Waals surface area (Å²) in [5.41, 5.74) is 8.53. The SMILES string of the molecule is Cc1ccc(C)c(OCC(=O)N2C[C@H](C(N)=O)[C@@H](c3cnn(C)c3)C2)c1. The molecule has 1 aromatic heterocycles. The first-order chi connectivity index (χ1) is 12.3. The van der Waals surface area contributed by atoms with Crippen LogP contribution >= 0.6 is 0 Å². The summed E-state index contributed by atoms with van der Waals surface area (Å²) < 4.78 is 7.39. The van der Waals surface area contributed by atoms with Gasteiger partial charge in [-0.3, -0.25) is 14.3 Å². The van der Waals surface area contributed by atoms with Crippen LogP contribution in [0.3, 0.4) is 0 Å². The Hall–Kier alpha value is -2.83. The van der Waals surface area contributed by atoms with Gasteiger partial charge in [0, 0.05) is 32.3 Å². The van der Waals surface area contributed by atoms with E-state index >= 15 is 0 Å². The Morgan fingerprint density at radius 2 is 2.08 bits per heavy atom. The molecule has 2 N–H and O–H groups in total. The Bertz CT molecular complexity index is 830. The highest BCUT2D eigenvalue weighted by atomic mass is 16.5. The van der Waals surface area contributed by atoms with Gasteiger partial charge in [0.05, 0.1) is 12.1 Å². The standard InChI is InChI=1S/C19H24N4O3/c1-12-4-5-13(2)17(6-12)26-11-18(24)23-9-15(16(10-23)19(20)25)14-7-21-22(3)8-14/h4-8,15-16H,9-11H2,1-3H3,(H2,20,25)/t15-,16+/m1/s1. The van der Waals surface area contributed by atoms with Crippen molar-refractivity contribution in [3.63, 3.8) is 0 Å². The maximum Gasteiger partial charge on any atom is 0.260 e. The van der Waals surface area contributed by atoms with E-state index in [1.165, 1.54) is 0 Å². The van der Waals surface area contributed by atoms with E-state index in [2.05, 4.69) is 5.10 Å². The summed E-state index contributed by atoms with van der Waals surface area (Å²) >= 11 is 0. The summed E-state index contributed by atoms with van der Waals surface area (Å²) in [6, 6.07) is 5.88. The average molecular weight is 356 g/mol. The first kappa shape index (κ1) is 18.0. The minimum absolute atomic E-state index is 0.0600. The molecule has 0 bridgehead atoms. The lowest BCUT2D eigenvalue weighted by atomic mass is 9.90. The number of hydrogen-bond donors (Lipinski definition) is 1. The highest BCUT2D eigenvalue weighted by Crippen LogP contribution is 2.32. The summed E-state index contributed by atoms with van der Waals surface area (Å²) in [5.74, 6) is -0.393. The van der Waals surface area contributed by atoms with E-state index in [1.807, 2.05) is 45.3 Å². The van der Waals surface area contributed by atoms with Gasteiger partial charge in [-0.2, -0.15) is 5.10 Å². The number of ether oxygens (including phenoxy) is 1. The number of likely N-dealkylation sites (tertiary alicyclic amines) is 1. The van der Waals surface area contributed by atoms with Crippen LogP contribution in [0.1, 0.15) is 22.6 Å². The number of carbonyl (C=O) groups excluding carboxylic acids is 2. The van der Waals surface area contributed by atoms with Crippen molar-refractivity contribution in [3.8, 4) is 5.75 Å². The van der Waals surface area contributed by atoms with Crippen LogP contribution in [-0.2, 0) is 16.6 Å². The van der Waals surface area contributed by atoms with E-state index in [0.717, 1.165) is 16.7 Å². The predicted molar refractivity (Wildman–Crippen MR) is 96.6 cm³/mol. The predicted octanol–water partition coefficient (Wildman–Crippen LogP) is 1.14. The lowest BCUT2D eigenvalue weighted by molar-refractivity contribution is -0.132. The van der Waals surface area contributed by atoms with Crippen LogP contribution in [0, 0.1) is 19.8 Å². The Morgan fingerprint density at radius 3 is 2.73 bits per heavy atom. The molecule has 0 saturated carbocycles. The summed E-state index contributed by atoms with van der Waals surface area (Å²) in [7, 11) is 1.82. The van der Waals surface area contributed by atoms with Gasteiger partial charge in [0.2, 0.25) is 5.91 Å². The van der Waals surface area contributed by atoms with Crippen molar-refractivity contribution in [1.29, 1.82) is 0 Å². The molecule has 2 amide bonds. The maximum atomic E-state index is 12.6. The zero-order chi connectivity index (χ0) is 18.8. The molecule has 1 fully saturated rings. The van der Waals surface area contributed by atoms with E-state index in [4.69, 9.17) is 10.5 Å². The van der Waals surface area contributed by atoms with E-state index in [-0.39, 0.29) is 18.4 Å².